The molecule has 0 radical (unpaired) electrons. The summed E-state index contributed by atoms with van der Waals surface area (Å²) in [6.45, 7) is 5.22. The number of fused-ring (bicyclic) bond motifs is 1. The van der Waals surface area contributed by atoms with Crippen LogP contribution in [0.3, 0.4) is 0 Å². The van der Waals surface area contributed by atoms with Crippen molar-refractivity contribution in [3.8, 4) is 5.75 Å². The first-order chi connectivity index (χ1) is 16.7. The van der Waals surface area contributed by atoms with Crippen LogP contribution in [-0.2, 0) is 9.53 Å². The minimum absolute atomic E-state index is 0.0720. The van der Waals surface area contributed by atoms with Gasteiger partial charge in [0.1, 0.15) is 5.75 Å². The second kappa shape index (κ2) is 9.67. The van der Waals surface area contributed by atoms with Gasteiger partial charge in [-0.15, -0.1) is 0 Å². The molecule has 1 atom stereocenters. The highest BCUT2D eigenvalue weighted by atomic mass is 32.1. The molecule has 3 aromatic rings. The van der Waals surface area contributed by atoms with Crippen molar-refractivity contribution in [2.75, 3.05) is 7.11 Å². The molecule has 0 fully saturated rings. The number of nitro groups is 1. The molecule has 180 valence electrons. The van der Waals surface area contributed by atoms with E-state index in [-0.39, 0.29) is 22.9 Å². The fourth-order valence-corrected chi connectivity index (χ4v) is 4.89. The summed E-state index contributed by atoms with van der Waals surface area (Å²) in [5, 5.41) is 11.1. The number of thiazole rings is 1. The number of ether oxygens (including phenoxy) is 2. The second-order valence-electron chi connectivity index (χ2n) is 8.16. The maximum absolute atomic E-state index is 13.6. The topological polar surface area (TPSA) is 113 Å². The molecule has 0 spiro atoms. The molecule has 0 bridgehead atoms. The summed E-state index contributed by atoms with van der Waals surface area (Å²) in [5.41, 5.74) is 1.51. The van der Waals surface area contributed by atoms with Crippen molar-refractivity contribution >= 4 is 29.1 Å². The van der Waals surface area contributed by atoms with Crippen molar-refractivity contribution < 1.29 is 19.2 Å². The summed E-state index contributed by atoms with van der Waals surface area (Å²) in [6, 6.07) is 12.4. The minimum Gasteiger partial charge on any atom is -0.497 e. The molecule has 35 heavy (non-hydrogen) atoms. The molecule has 10 heteroatoms. The number of nitro benzene ring substituents is 1. The van der Waals surface area contributed by atoms with Crippen LogP contribution in [-0.4, -0.2) is 28.7 Å². The monoisotopic (exact) mass is 493 g/mol. The van der Waals surface area contributed by atoms with Crippen molar-refractivity contribution in [1.82, 2.24) is 4.57 Å². The van der Waals surface area contributed by atoms with E-state index >= 15 is 0 Å². The molecule has 0 saturated carbocycles. The van der Waals surface area contributed by atoms with E-state index < -0.39 is 16.9 Å². The van der Waals surface area contributed by atoms with Crippen LogP contribution in [0.15, 0.2) is 69.6 Å². The number of benzene rings is 2. The van der Waals surface area contributed by atoms with Gasteiger partial charge in [0, 0.05) is 12.1 Å². The lowest BCUT2D eigenvalue weighted by atomic mass is 9.96. The van der Waals surface area contributed by atoms with Gasteiger partial charge in [0.15, 0.2) is 4.80 Å². The number of nitrogens with zero attached hydrogens (tertiary/aromatic N) is 3. The Morgan fingerprint density at radius 2 is 1.94 bits per heavy atom. The summed E-state index contributed by atoms with van der Waals surface area (Å²) < 4.78 is 12.6. The van der Waals surface area contributed by atoms with Gasteiger partial charge in [0.25, 0.3) is 11.2 Å². The molecule has 1 aliphatic rings. The lowest BCUT2D eigenvalue weighted by molar-refractivity contribution is -0.384. The Morgan fingerprint density at radius 1 is 1.23 bits per heavy atom. The average molecular weight is 494 g/mol. The second-order valence-corrected chi connectivity index (χ2v) is 9.17. The van der Waals surface area contributed by atoms with Crippen molar-refractivity contribution in [3.63, 3.8) is 0 Å². The first-order valence-corrected chi connectivity index (χ1v) is 11.6. The minimum atomic E-state index is -0.754. The van der Waals surface area contributed by atoms with Gasteiger partial charge < -0.3 is 9.47 Å². The number of carbonyl (C=O) groups excluding carboxylic acids is 1. The van der Waals surface area contributed by atoms with Gasteiger partial charge in [-0.1, -0.05) is 35.6 Å². The lowest BCUT2D eigenvalue weighted by Crippen LogP contribution is -2.40. The third-order valence-corrected chi connectivity index (χ3v) is 6.38. The lowest BCUT2D eigenvalue weighted by Gasteiger charge is -2.25. The van der Waals surface area contributed by atoms with E-state index in [1.807, 2.05) is 0 Å². The molecule has 2 heterocycles. The number of allylic oxidation sites excluding steroid dienone is 1. The van der Waals surface area contributed by atoms with Gasteiger partial charge in [-0.3, -0.25) is 19.5 Å². The predicted molar refractivity (Wildman–Crippen MR) is 131 cm³/mol. The van der Waals surface area contributed by atoms with E-state index in [1.165, 1.54) is 16.7 Å². The van der Waals surface area contributed by atoms with Gasteiger partial charge in [-0.05, 0) is 50.1 Å². The highest BCUT2D eigenvalue weighted by molar-refractivity contribution is 7.07. The summed E-state index contributed by atoms with van der Waals surface area (Å²) in [6.07, 6.45) is 1.24. The van der Waals surface area contributed by atoms with Crippen LogP contribution in [0.4, 0.5) is 5.69 Å². The summed E-state index contributed by atoms with van der Waals surface area (Å²) in [4.78, 5) is 42.3. The van der Waals surface area contributed by atoms with E-state index in [2.05, 4.69) is 4.99 Å². The third-order valence-electron chi connectivity index (χ3n) is 5.39. The normalized spacial score (nSPS) is 15.6. The Kier molecular flexibility index (Phi) is 6.65. The maximum atomic E-state index is 13.6. The maximum Gasteiger partial charge on any atom is 0.338 e. The van der Waals surface area contributed by atoms with Gasteiger partial charge in [0.05, 0.1) is 40.0 Å². The molecule has 0 aliphatic carbocycles. The molecular formula is C25H23N3O6S. The highest BCUT2D eigenvalue weighted by Crippen LogP contribution is 2.31. The van der Waals surface area contributed by atoms with Crippen LogP contribution in [0.5, 0.6) is 5.75 Å². The Balaban J connectivity index is 1.92. The first kappa shape index (κ1) is 24.1. The van der Waals surface area contributed by atoms with E-state index in [1.54, 1.807) is 70.4 Å². The van der Waals surface area contributed by atoms with Crippen LogP contribution in [0.2, 0.25) is 0 Å². The molecular weight excluding hydrogens is 470 g/mol. The number of carbonyl (C=O) groups is 1. The van der Waals surface area contributed by atoms with Crippen LogP contribution >= 0.6 is 11.3 Å². The quantitative estimate of drug-likeness (QED) is 0.296. The van der Waals surface area contributed by atoms with Crippen LogP contribution in [0, 0.1) is 10.1 Å². The van der Waals surface area contributed by atoms with Gasteiger partial charge >= 0.3 is 5.97 Å². The number of non-ortho nitro benzene ring substituents is 1. The Labute approximate surface area is 204 Å². The standard InChI is InChI=1S/C25H23N3O6S/c1-14(2)34-24(30)21-15(3)26-25-27(22(21)17-8-10-19(33-4)11-9-17)23(29)20(35-25)13-16-6-5-7-18(12-16)28(31)32/h5-14,22H,1-4H3/t22-/m0/s1. The zero-order valence-corrected chi connectivity index (χ0v) is 20.4. The fourth-order valence-electron chi connectivity index (χ4n) is 3.84. The molecule has 2 aromatic carbocycles. The number of hydrogen-bond acceptors (Lipinski definition) is 8. The molecule has 0 N–H and O–H groups in total. The molecule has 0 unspecified atom stereocenters. The summed E-state index contributed by atoms with van der Waals surface area (Å²) in [5.74, 6) is 0.0915. The largest absolute Gasteiger partial charge is 0.497 e. The SMILES string of the molecule is COc1ccc([C@H]2C(C(=O)OC(C)C)=C(C)N=c3sc(=Cc4cccc([N+](=O)[O-])c4)c(=O)n32)cc1. The highest BCUT2D eigenvalue weighted by Gasteiger charge is 2.33. The molecule has 4 rings (SSSR count). The predicted octanol–water partition coefficient (Wildman–Crippen LogP) is 3.10. The zero-order chi connectivity index (χ0) is 25.3. The smallest absolute Gasteiger partial charge is 0.338 e. The van der Waals surface area contributed by atoms with E-state index in [0.717, 1.165) is 11.3 Å². The molecule has 0 amide bonds. The fraction of sp³-hybridized carbons (Fsp3) is 0.240. The van der Waals surface area contributed by atoms with E-state index in [0.29, 0.717) is 31.9 Å². The average Bonchev–Trinajstić information content (AvgIpc) is 3.12. The van der Waals surface area contributed by atoms with Crippen LogP contribution in [0.1, 0.15) is 37.9 Å². The number of rotatable bonds is 6. The van der Waals surface area contributed by atoms with Gasteiger partial charge in [-0.25, -0.2) is 9.79 Å². The van der Waals surface area contributed by atoms with E-state index in [9.17, 15) is 19.7 Å². The van der Waals surface area contributed by atoms with Crippen LogP contribution < -0.4 is 19.6 Å². The molecule has 1 aliphatic heterocycles. The Hall–Kier alpha value is -4.05. The number of aromatic nitrogens is 1. The summed E-state index contributed by atoms with van der Waals surface area (Å²) >= 11 is 1.16. The Bertz CT molecular complexity index is 1520. The van der Waals surface area contributed by atoms with Crippen molar-refractivity contribution in [2.45, 2.75) is 32.9 Å². The number of hydrogen-bond donors (Lipinski definition) is 0. The third kappa shape index (κ3) is 4.78. The summed E-state index contributed by atoms with van der Waals surface area (Å²) in [7, 11) is 1.56. The zero-order valence-electron chi connectivity index (χ0n) is 19.6. The van der Waals surface area contributed by atoms with Crippen molar-refractivity contribution in [3.05, 3.63) is 101 Å². The van der Waals surface area contributed by atoms with Gasteiger partial charge in [0.2, 0.25) is 0 Å². The van der Waals surface area contributed by atoms with Crippen molar-refractivity contribution in [1.29, 1.82) is 0 Å². The van der Waals surface area contributed by atoms with Crippen LogP contribution in [0.25, 0.3) is 6.08 Å². The number of methoxy groups -OCH3 is 1. The van der Waals surface area contributed by atoms with Crippen molar-refractivity contribution in [2.24, 2.45) is 4.99 Å². The van der Waals surface area contributed by atoms with E-state index in [4.69, 9.17) is 9.47 Å². The molecule has 1 aromatic heterocycles. The molecule has 0 saturated heterocycles. The first-order valence-electron chi connectivity index (χ1n) is 10.8. The van der Waals surface area contributed by atoms with Gasteiger partial charge in [-0.2, -0.15) is 0 Å². The Morgan fingerprint density at radius 3 is 2.57 bits per heavy atom. The number of esters is 1. The molecule has 9 nitrogen and oxygen atoms in total.